The van der Waals surface area contributed by atoms with Gasteiger partial charge in [-0.2, -0.15) is 0 Å². The number of carbonyl (C=O) groups is 2. The van der Waals surface area contributed by atoms with Crippen molar-refractivity contribution in [3.8, 4) is 11.3 Å². The van der Waals surface area contributed by atoms with Crippen LogP contribution in [0.3, 0.4) is 0 Å². The van der Waals surface area contributed by atoms with E-state index < -0.39 is 0 Å². The van der Waals surface area contributed by atoms with Gasteiger partial charge in [0.1, 0.15) is 0 Å². The molecule has 0 radical (unpaired) electrons. The zero-order chi connectivity index (χ0) is 24.9. The molecular formula is C30H35N3O2. The number of aryl methyl sites for hydroxylation is 2. The van der Waals surface area contributed by atoms with Gasteiger partial charge in [-0.3, -0.25) is 9.59 Å². The topological polar surface area (TPSA) is 47.2 Å². The molecule has 1 unspecified atom stereocenters. The highest BCUT2D eigenvalue weighted by Gasteiger charge is 2.28. The van der Waals surface area contributed by atoms with E-state index >= 15 is 0 Å². The molecule has 0 aliphatic carbocycles. The molecule has 182 valence electrons. The lowest BCUT2D eigenvalue weighted by atomic mass is 9.91. The fraction of sp³-hybridized carbons (Fsp3) is 0.400. The molecule has 0 bridgehead atoms. The fourth-order valence-corrected chi connectivity index (χ4v) is 5.80. The van der Waals surface area contributed by atoms with Crippen LogP contribution < -0.4 is 0 Å². The van der Waals surface area contributed by atoms with Crippen molar-refractivity contribution in [3.05, 3.63) is 59.3 Å². The summed E-state index contributed by atoms with van der Waals surface area (Å²) in [6, 6.07) is 12.6. The van der Waals surface area contributed by atoms with Gasteiger partial charge in [0.25, 0.3) is 5.91 Å². The van der Waals surface area contributed by atoms with Gasteiger partial charge in [-0.25, -0.2) is 0 Å². The molecule has 2 aromatic carbocycles. The van der Waals surface area contributed by atoms with Gasteiger partial charge in [0, 0.05) is 59.8 Å². The second-order valence-corrected chi connectivity index (χ2v) is 9.78. The quantitative estimate of drug-likeness (QED) is 0.289. The van der Waals surface area contributed by atoms with E-state index in [1.165, 1.54) is 22.2 Å². The molecule has 1 aliphatic rings. The van der Waals surface area contributed by atoms with Crippen LogP contribution in [0, 0.1) is 0 Å². The largest absolute Gasteiger partial charge is 0.346 e. The Kier molecular flexibility index (Phi) is 6.04. The minimum absolute atomic E-state index is 0.0916. The van der Waals surface area contributed by atoms with E-state index in [1.54, 1.807) is 6.92 Å². The van der Waals surface area contributed by atoms with E-state index in [-0.39, 0.29) is 11.7 Å². The van der Waals surface area contributed by atoms with E-state index in [0.717, 1.165) is 53.5 Å². The fourth-order valence-electron chi connectivity index (χ4n) is 5.80. The first-order valence-corrected chi connectivity index (χ1v) is 13.0. The van der Waals surface area contributed by atoms with Gasteiger partial charge in [0.05, 0.1) is 16.8 Å². The van der Waals surface area contributed by atoms with Crippen LogP contribution >= 0.6 is 0 Å². The number of nitrogens with zero attached hydrogens (tertiary/aromatic N) is 3. The standard InChI is InChI=1S/C30H35N3O2/c1-6-19(4)27-23-14-13-21(20(5)34)17-26(23)33-16-10-15-32-18-25(30(35)31(7-2)8-3)22-11-9-12-24(28(22)32)29(27)33/h9,11-14,17-19H,6-8,10,15-16H2,1-5H3. The van der Waals surface area contributed by atoms with Gasteiger partial charge >= 0.3 is 0 Å². The van der Waals surface area contributed by atoms with Crippen LogP contribution in [0.15, 0.2) is 42.6 Å². The molecule has 0 saturated carbocycles. The van der Waals surface area contributed by atoms with Crippen molar-refractivity contribution in [1.82, 2.24) is 14.0 Å². The minimum Gasteiger partial charge on any atom is -0.346 e. The Labute approximate surface area is 207 Å². The number of Topliss-reactive ketones (excluding diaryl/α,β-unsaturated/α-hetero) is 1. The summed E-state index contributed by atoms with van der Waals surface area (Å²) in [6.45, 7) is 13.4. The molecule has 35 heavy (non-hydrogen) atoms. The predicted molar refractivity (Wildman–Crippen MR) is 143 cm³/mol. The zero-order valence-corrected chi connectivity index (χ0v) is 21.5. The number of hydrogen-bond acceptors (Lipinski definition) is 2. The first kappa shape index (κ1) is 23.4. The molecule has 0 fully saturated rings. The van der Waals surface area contributed by atoms with Crippen LogP contribution in [0.1, 0.15) is 79.7 Å². The lowest BCUT2D eigenvalue weighted by molar-refractivity contribution is 0.0774. The highest BCUT2D eigenvalue weighted by molar-refractivity contribution is 6.11. The van der Waals surface area contributed by atoms with Crippen LogP contribution in [0.4, 0.5) is 0 Å². The molecule has 0 spiro atoms. The van der Waals surface area contributed by atoms with Crippen LogP contribution in [0.25, 0.3) is 33.1 Å². The Morgan fingerprint density at radius 3 is 2.49 bits per heavy atom. The monoisotopic (exact) mass is 469 g/mol. The van der Waals surface area contributed by atoms with Crippen LogP contribution in [-0.4, -0.2) is 38.8 Å². The average molecular weight is 470 g/mol. The van der Waals surface area contributed by atoms with E-state index in [0.29, 0.717) is 19.0 Å². The summed E-state index contributed by atoms with van der Waals surface area (Å²) in [6.07, 6.45) is 4.06. The Balaban J connectivity index is 1.86. The Bertz CT molecular complexity index is 1450. The van der Waals surface area contributed by atoms with Crippen molar-refractivity contribution in [3.63, 3.8) is 0 Å². The third-order valence-corrected chi connectivity index (χ3v) is 7.83. The van der Waals surface area contributed by atoms with E-state index in [4.69, 9.17) is 0 Å². The number of benzene rings is 2. The van der Waals surface area contributed by atoms with Crippen LogP contribution in [-0.2, 0) is 13.1 Å². The second kappa shape index (κ2) is 9.03. The number of hydrogen-bond donors (Lipinski definition) is 0. The third-order valence-electron chi connectivity index (χ3n) is 7.83. The summed E-state index contributed by atoms with van der Waals surface area (Å²) in [5.74, 6) is 0.560. The average Bonchev–Trinajstić information content (AvgIpc) is 3.38. The lowest BCUT2D eigenvalue weighted by Crippen LogP contribution is -2.30. The predicted octanol–water partition coefficient (Wildman–Crippen LogP) is 6.86. The maximum Gasteiger partial charge on any atom is 0.256 e. The van der Waals surface area contributed by atoms with Gasteiger partial charge in [0.15, 0.2) is 5.78 Å². The van der Waals surface area contributed by atoms with Crippen molar-refractivity contribution in [1.29, 1.82) is 0 Å². The maximum atomic E-state index is 13.4. The summed E-state index contributed by atoms with van der Waals surface area (Å²) < 4.78 is 4.73. The smallest absolute Gasteiger partial charge is 0.256 e. The first-order chi connectivity index (χ1) is 16.9. The third kappa shape index (κ3) is 3.60. The molecule has 3 heterocycles. The number of fused-ring (bicyclic) bond motifs is 4. The van der Waals surface area contributed by atoms with E-state index in [2.05, 4.69) is 59.5 Å². The van der Waals surface area contributed by atoms with Crippen molar-refractivity contribution >= 4 is 33.5 Å². The number of para-hydroxylation sites is 1. The molecule has 1 atom stereocenters. The van der Waals surface area contributed by atoms with Gasteiger partial charge in [0.2, 0.25) is 0 Å². The van der Waals surface area contributed by atoms with E-state index in [9.17, 15) is 9.59 Å². The molecule has 5 rings (SSSR count). The Hall–Kier alpha value is -3.34. The first-order valence-electron chi connectivity index (χ1n) is 13.0. The lowest BCUT2D eigenvalue weighted by Gasteiger charge is -2.20. The highest BCUT2D eigenvalue weighted by Crippen LogP contribution is 2.44. The zero-order valence-electron chi connectivity index (χ0n) is 21.5. The number of amides is 1. The highest BCUT2D eigenvalue weighted by atomic mass is 16.2. The van der Waals surface area contributed by atoms with Crippen molar-refractivity contribution in [2.24, 2.45) is 0 Å². The van der Waals surface area contributed by atoms with E-state index in [1.807, 2.05) is 24.8 Å². The SMILES string of the molecule is CCC(C)c1c2n(c3cc(C(C)=O)ccc13)CCCn1cc(C(=O)N(CC)CC)c3cccc-2c31. The molecular weight excluding hydrogens is 434 g/mol. The molecule has 5 heteroatoms. The maximum absolute atomic E-state index is 13.4. The number of rotatable bonds is 6. The normalized spacial score (nSPS) is 14.0. The van der Waals surface area contributed by atoms with Crippen molar-refractivity contribution in [2.45, 2.75) is 66.5 Å². The van der Waals surface area contributed by atoms with Crippen LogP contribution in [0.2, 0.25) is 0 Å². The second-order valence-electron chi connectivity index (χ2n) is 9.78. The van der Waals surface area contributed by atoms with Gasteiger partial charge in [-0.15, -0.1) is 0 Å². The van der Waals surface area contributed by atoms with Gasteiger partial charge in [-0.05, 0) is 51.2 Å². The Morgan fingerprint density at radius 1 is 1.03 bits per heavy atom. The number of aromatic nitrogens is 2. The summed E-state index contributed by atoms with van der Waals surface area (Å²) >= 11 is 0. The minimum atomic E-state index is 0.0916. The molecule has 0 N–H and O–H groups in total. The van der Waals surface area contributed by atoms with Gasteiger partial charge in [-0.1, -0.05) is 44.2 Å². The summed E-state index contributed by atoms with van der Waals surface area (Å²) in [4.78, 5) is 27.6. The van der Waals surface area contributed by atoms with Crippen molar-refractivity contribution in [2.75, 3.05) is 13.1 Å². The Morgan fingerprint density at radius 2 is 1.80 bits per heavy atom. The molecule has 5 nitrogen and oxygen atoms in total. The molecule has 1 amide bonds. The summed E-state index contributed by atoms with van der Waals surface area (Å²) in [5, 5.41) is 2.26. The number of ketones is 1. The molecule has 1 aliphatic heterocycles. The molecule has 0 saturated heterocycles. The molecule has 2 aromatic heterocycles. The van der Waals surface area contributed by atoms with Crippen LogP contribution in [0.5, 0.6) is 0 Å². The van der Waals surface area contributed by atoms with Crippen molar-refractivity contribution < 1.29 is 9.59 Å². The summed E-state index contributed by atoms with van der Waals surface area (Å²) in [7, 11) is 0. The molecule has 4 aromatic rings. The summed E-state index contributed by atoms with van der Waals surface area (Å²) in [5.41, 5.74) is 7.58. The van der Waals surface area contributed by atoms with Gasteiger partial charge < -0.3 is 14.0 Å². The number of carbonyl (C=O) groups excluding carboxylic acids is 2.